The standard InChI is InChI=1S/C19H26N2O4/c1-13-15-11-14(23-4)5-6-16(15)25-17(13)18(22)20-12-19(2,3)21-7-9-24-10-8-21/h5-6,11H,7-10,12H2,1-4H3,(H,20,22). The summed E-state index contributed by atoms with van der Waals surface area (Å²) in [4.78, 5) is 15.0. The summed E-state index contributed by atoms with van der Waals surface area (Å²) < 4.78 is 16.4. The molecule has 0 spiro atoms. The minimum Gasteiger partial charge on any atom is -0.497 e. The van der Waals surface area contributed by atoms with Gasteiger partial charge >= 0.3 is 0 Å². The van der Waals surface area contributed by atoms with Crippen LogP contribution in [0.3, 0.4) is 0 Å². The fourth-order valence-electron chi connectivity index (χ4n) is 3.20. The summed E-state index contributed by atoms with van der Waals surface area (Å²) in [5.74, 6) is 0.923. The first-order chi connectivity index (χ1) is 11.9. The summed E-state index contributed by atoms with van der Waals surface area (Å²) in [7, 11) is 1.62. The number of amides is 1. The number of methoxy groups -OCH3 is 1. The maximum absolute atomic E-state index is 12.6. The maximum atomic E-state index is 12.6. The lowest BCUT2D eigenvalue weighted by molar-refractivity contribution is -0.00929. The number of morpholine rings is 1. The number of nitrogens with one attached hydrogen (secondary N) is 1. The third kappa shape index (κ3) is 3.65. The zero-order chi connectivity index (χ0) is 18.0. The van der Waals surface area contributed by atoms with E-state index in [1.807, 2.05) is 25.1 Å². The van der Waals surface area contributed by atoms with Gasteiger partial charge in [-0.1, -0.05) is 0 Å². The Bertz CT molecular complexity index is 760. The van der Waals surface area contributed by atoms with Gasteiger partial charge in [0.1, 0.15) is 11.3 Å². The van der Waals surface area contributed by atoms with E-state index >= 15 is 0 Å². The fourth-order valence-corrected chi connectivity index (χ4v) is 3.20. The van der Waals surface area contributed by atoms with Crippen LogP contribution in [0.2, 0.25) is 0 Å². The molecule has 0 atom stereocenters. The highest BCUT2D eigenvalue weighted by atomic mass is 16.5. The minimum absolute atomic E-state index is 0.136. The Morgan fingerprint density at radius 1 is 1.32 bits per heavy atom. The van der Waals surface area contributed by atoms with Crippen LogP contribution in [0.5, 0.6) is 5.75 Å². The number of ether oxygens (including phenoxy) is 2. The molecule has 0 saturated carbocycles. The van der Waals surface area contributed by atoms with Crippen molar-refractivity contribution in [2.24, 2.45) is 0 Å². The van der Waals surface area contributed by atoms with Crippen LogP contribution in [-0.2, 0) is 4.74 Å². The quantitative estimate of drug-likeness (QED) is 0.901. The molecule has 1 aromatic heterocycles. The van der Waals surface area contributed by atoms with Gasteiger partial charge in [0.25, 0.3) is 5.91 Å². The van der Waals surface area contributed by atoms with Crippen LogP contribution in [0.4, 0.5) is 0 Å². The molecule has 1 aliphatic rings. The Hall–Kier alpha value is -2.05. The Labute approximate surface area is 148 Å². The number of rotatable bonds is 5. The van der Waals surface area contributed by atoms with Crippen molar-refractivity contribution < 1.29 is 18.7 Å². The molecule has 0 bridgehead atoms. The highest BCUT2D eigenvalue weighted by Crippen LogP contribution is 2.28. The Morgan fingerprint density at radius 2 is 2.04 bits per heavy atom. The highest BCUT2D eigenvalue weighted by Gasteiger charge is 2.29. The van der Waals surface area contributed by atoms with Gasteiger partial charge in [-0.3, -0.25) is 9.69 Å². The zero-order valence-corrected chi connectivity index (χ0v) is 15.3. The van der Waals surface area contributed by atoms with Crippen molar-refractivity contribution in [2.75, 3.05) is 40.0 Å². The van der Waals surface area contributed by atoms with E-state index in [4.69, 9.17) is 13.9 Å². The molecule has 25 heavy (non-hydrogen) atoms. The second-order valence-electron chi connectivity index (χ2n) is 7.01. The van der Waals surface area contributed by atoms with Crippen LogP contribution in [0.15, 0.2) is 22.6 Å². The van der Waals surface area contributed by atoms with E-state index in [9.17, 15) is 4.79 Å². The number of aryl methyl sites for hydroxylation is 1. The van der Waals surface area contributed by atoms with E-state index in [2.05, 4.69) is 24.1 Å². The first-order valence-corrected chi connectivity index (χ1v) is 8.60. The van der Waals surface area contributed by atoms with Crippen molar-refractivity contribution >= 4 is 16.9 Å². The number of carbonyl (C=O) groups is 1. The number of hydrogen-bond donors (Lipinski definition) is 1. The van der Waals surface area contributed by atoms with Crippen molar-refractivity contribution in [2.45, 2.75) is 26.3 Å². The van der Waals surface area contributed by atoms with Gasteiger partial charge in [-0.2, -0.15) is 0 Å². The molecule has 1 aliphatic heterocycles. The van der Waals surface area contributed by atoms with Gasteiger partial charge in [-0.05, 0) is 39.0 Å². The van der Waals surface area contributed by atoms with Gasteiger partial charge in [-0.25, -0.2) is 0 Å². The Balaban J connectivity index is 1.72. The van der Waals surface area contributed by atoms with E-state index in [0.717, 1.165) is 43.0 Å². The molecule has 2 heterocycles. The predicted molar refractivity (Wildman–Crippen MR) is 96.3 cm³/mol. The van der Waals surface area contributed by atoms with E-state index in [-0.39, 0.29) is 11.4 Å². The van der Waals surface area contributed by atoms with E-state index in [1.54, 1.807) is 7.11 Å². The van der Waals surface area contributed by atoms with Gasteiger partial charge in [0.05, 0.1) is 20.3 Å². The van der Waals surface area contributed by atoms with Crippen molar-refractivity contribution in [3.05, 3.63) is 29.5 Å². The summed E-state index contributed by atoms with van der Waals surface area (Å²) in [5.41, 5.74) is 1.38. The fraction of sp³-hybridized carbons (Fsp3) is 0.526. The van der Waals surface area contributed by atoms with Gasteiger partial charge in [0, 0.05) is 36.1 Å². The molecule has 136 valence electrons. The summed E-state index contributed by atoms with van der Waals surface area (Å²) in [6, 6.07) is 5.55. The predicted octanol–water partition coefficient (Wildman–Crippen LogP) is 2.59. The number of fused-ring (bicyclic) bond motifs is 1. The molecule has 1 saturated heterocycles. The van der Waals surface area contributed by atoms with E-state index in [1.165, 1.54) is 0 Å². The summed E-state index contributed by atoms with van der Waals surface area (Å²) in [6.07, 6.45) is 0. The highest BCUT2D eigenvalue weighted by molar-refractivity contribution is 5.99. The van der Waals surface area contributed by atoms with Crippen LogP contribution in [0.1, 0.15) is 30.0 Å². The van der Waals surface area contributed by atoms with Gasteiger partial charge in [0.15, 0.2) is 5.76 Å². The summed E-state index contributed by atoms with van der Waals surface area (Å²) in [5, 5.41) is 3.92. The van der Waals surface area contributed by atoms with Crippen molar-refractivity contribution in [1.29, 1.82) is 0 Å². The number of furan rings is 1. The van der Waals surface area contributed by atoms with E-state index in [0.29, 0.717) is 17.9 Å². The lowest BCUT2D eigenvalue weighted by Gasteiger charge is -2.40. The zero-order valence-electron chi connectivity index (χ0n) is 15.3. The molecule has 2 aromatic rings. The lowest BCUT2D eigenvalue weighted by atomic mass is 10.0. The van der Waals surface area contributed by atoms with Crippen molar-refractivity contribution in [3.63, 3.8) is 0 Å². The molecule has 6 heteroatoms. The average molecular weight is 346 g/mol. The van der Waals surface area contributed by atoms with Gasteiger partial charge in [0.2, 0.25) is 0 Å². The molecule has 1 amide bonds. The monoisotopic (exact) mass is 346 g/mol. The first-order valence-electron chi connectivity index (χ1n) is 8.60. The molecular weight excluding hydrogens is 320 g/mol. The van der Waals surface area contributed by atoms with Crippen LogP contribution < -0.4 is 10.1 Å². The molecule has 1 N–H and O–H groups in total. The SMILES string of the molecule is COc1ccc2oc(C(=O)NCC(C)(C)N3CCOCC3)c(C)c2c1. The van der Waals surface area contributed by atoms with E-state index < -0.39 is 0 Å². The largest absolute Gasteiger partial charge is 0.497 e. The maximum Gasteiger partial charge on any atom is 0.287 e. The number of hydrogen-bond acceptors (Lipinski definition) is 5. The number of benzene rings is 1. The second kappa shape index (κ2) is 7.06. The third-order valence-corrected chi connectivity index (χ3v) is 4.90. The average Bonchev–Trinajstić information content (AvgIpc) is 2.96. The molecule has 1 aromatic carbocycles. The molecule has 0 aliphatic carbocycles. The van der Waals surface area contributed by atoms with Crippen LogP contribution >= 0.6 is 0 Å². The van der Waals surface area contributed by atoms with Crippen molar-refractivity contribution in [3.8, 4) is 5.75 Å². The van der Waals surface area contributed by atoms with Gasteiger partial charge in [-0.15, -0.1) is 0 Å². The lowest BCUT2D eigenvalue weighted by Crippen LogP contribution is -2.55. The normalized spacial score (nSPS) is 16.2. The van der Waals surface area contributed by atoms with Gasteiger partial charge < -0.3 is 19.2 Å². The Kier molecular flexibility index (Phi) is 5.01. The molecule has 6 nitrogen and oxygen atoms in total. The molecule has 0 radical (unpaired) electrons. The molecular formula is C19H26N2O4. The Morgan fingerprint density at radius 3 is 2.72 bits per heavy atom. The second-order valence-corrected chi connectivity index (χ2v) is 7.01. The number of nitrogens with zero attached hydrogens (tertiary/aromatic N) is 1. The topological polar surface area (TPSA) is 63.9 Å². The van der Waals surface area contributed by atoms with Crippen LogP contribution in [0.25, 0.3) is 11.0 Å². The summed E-state index contributed by atoms with van der Waals surface area (Å²) in [6.45, 7) is 9.95. The van der Waals surface area contributed by atoms with Crippen LogP contribution in [-0.4, -0.2) is 56.3 Å². The third-order valence-electron chi connectivity index (χ3n) is 4.90. The minimum atomic E-state index is -0.186. The first kappa shape index (κ1) is 17.8. The molecule has 1 fully saturated rings. The molecule has 0 unspecified atom stereocenters. The van der Waals surface area contributed by atoms with Crippen molar-refractivity contribution in [1.82, 2.24) is 10.2 Å². The number of carbonyl (C=O) groups excluding carboxylic acids is 1. The summed E-state index contributed by atoms with van der Waals surface area (Å²) >= 11 is 0. The molecule has 3 rings (SSSR count). The van der Waals surface area contributed by atoms with Crippen LogP contribution in [0, 0.1) is 6.92 Å². The smallest absolute Gasteiger partial charge is 0.287 e.